The monoisotopic (exact) mass is 1200 g/mol. The number of carbonyl (C=O) groups excluding carboxylic acids is 8. The molecule has 1 N–H and O–H groups in total. The van der Waals surface area contributed by atoms with E-state index in [-0.39, 0.29) is 79.3 Å². The van der Waals surface area contributed by atoms with Crippen LogP contribution in [0.5, 0.6) is 23.0 Å². The standard InChI is InChI=1S/C49H57N17O12S4/c1-45-46(2)61-22-53-35-34-51(37(53)67)20-55-36-48-50-49-47(3)59(43(73)65(49)24-63(48)39(55)69)18-28-29(33(78-11-15-82)7-6-32(28)77-10-14-81)19-60(47)44(74)66(49)25-64(48)40(70)56(36)21-52(34)38(68)54(35)23-62(46)42(72)58(45)17-27-26(16-57(45)41(61)71)30(75-8-12-79)4-5-31(27)76-9-13-80/h4-7,34-36,50,79-82H,8-25H2,1-3H3. The van der Waals surface area contributed by atoms with Crippen molar-refractivity contribution in [2.24, 2.45) is 0 Å². The molecule has 0 atom stereocenters. The molecule has 0 radical (unpaired) electrons. The van der Waals surface area contributed by atoms with Gasteiger partial charge >= 0.3 is 48.2 Å². The van der Waals surface area contributed by atoms with Crippen LogP contribution in [0.2, 0.25) is 0 Å². The van der Waals surface area contributed by atoms with Gasteiger partial charge in [-0.25, -0.2) is 43.7 Å². The number of fused-ring (bicyclic) bond motifs is 2. The second-order valence-electron chi connectivity index (χ2n) is 23.0. The molecule has 16 amide bonds. The molecule has 12 fully saturated rings. The van der Waals surface area contributed by atoms with Gasteiger partial charge in [-0.15, -0.1) is 0 Å². The van der Waals surface area contributed by atoms with Gasteiger partial charge in [-0.05, 0) is 45.0 Å². The highest BCUT2D eigenvalue weighted by Gasteiger charge is 2.88. The van der Waals surface area contributed by atoms with E-state index in [9.17, 15) is 0 Å². The smallest absolute Gasteiger partial charge is 0.327 e. The topological polar surface area (TPSA) is 237 Å². The number of nitrogens with zero attached hydrogens (tertiary/aromatic N) is 16. The highest BCUT2D eigenvalue weighted by atomic mass is 32.1. The summed E-state index contributed by atoms with van der Waals surface area (Å²) in [7, 11) is 0. The molecule has 14 heterocycles. The molecule has 0 aromatic heterocycles. The lowest BCUT2D eigenvalue weighted by atomic mass is 9.95. The van der Waals surface area contributed by atoms with Crippen molar-refractivity contribution in [2.75, 3.05) is 89.5 Å². The molecule has 2 bridgehead atoms. The van der Waals surface area contributed by atoms with Gasteiger partial charge in [-0.1, -0.05) is 0 Å². The van der Waals surface area contributed by atoms with Crippen LogP contribution in [0.3, 0.4) is 0 Å². The Labute approximate surface area is 490 Å². The summed E-state index contributed by atoms with van der Waals surface area (Å²) in [6, 6.07) is 2.67. The van der Waals surface area contributed by atoms with Crippen LogP contribution in [0, 0.1) is 0 Å². The van der Waals surface area contributed by atoms with Crippen molar-refractivity contribution in [3.63, 3.8) is 0 Å². The zero-order valence-corrected chi connectivity index (χ0v) is 48.2. The molecule has 12 saturated heterocycles. The number of nitrogens with one attached hydrogen (secondary N) is 1. The van der Waals surface area contributed by atoms with Crippen LogP contribution in [0.4, 0.5) is 38.4 Å². The summed E-state index contributed by atoms with van der Waals surface area (Å²) in [6.45, 7) is 4.02. The fraction of sp³-hybridized carbons (Fsp3) is 0.592. The van der Waals surface area contributed by atoms with Crippen molar-refractivity contribution in [3.8, 4) is 23.0 Å². The minimum absolute atomic E-state index is 0.000838. The Bertz CT molecular complexity index is 3160. The van der Waals surface area contributed by atoms with Crippen LogP contribution in [-0.4, -0.2) is 263 Å². The van der Waals surface area contributed by atoms with Crippen molar-refractivity contribution >= 4 is 98.8 Å². The third kappa shape index (κ3) is 5.42. The first kappa shape index (κ1) is 50.9. The number of ether oxygens (including phenoxy) is 4. The van der Waals surface area contributed by atoms with Crippen LogP contribution < -0.4 is 24.3 Å². The van der Waals surface area contributed by atoms with E-state index in [4.69, 9.17) is 18.9 Å². The lowest BCUT2D eigenvalue weighted by Gasteiger charge is -2.62. The van der Waals surface area contributed by atoms with E-state index >= 15 is 38.4 Å². The molecule has 0 saturated carbocycles. The average Bonchev–Trinajstić information content (AvgIpc) is 1.47. The van der Waals surface area contributed by atoms with Crippen molar-refractivity contribution in [1.82, 2.24) is 83.7 Å². The van der Waals surface area contributed by atoms with Gasteiger partial charge in [0.05, 0.1) is 52.6 Å². The SMILES string of the molecule is CC12N3Cc4c(OCCS)ccc(OCCS)c4CN1C(=O)N1CN4C(=O)N5CN6C(=O)N7CN8C(=O)N9Cc%10c(OCCS)ccc(OCCS)c%10CN%10C(=O)N%11CN%12C(=O)N(CN%13C(=O)N(CN(C3=O)C12C)C4C%135)C6C%127NC%118C%109C. The van der Waals surface area contributed by atoms with Gasteiger partial charge in [-0.2, -0.15) is 50.5 Å². The average molecular weight is 1200 g/mol. The van der Waals surface area contributed by atoms with Gasteiger partial charge in [0.25, 0.3) is 0 Å². The number of carbonyl (C=O) groups is 8. The maximum absolute atomic E-state index is 15.6. The molecule has 14 aliphatic heterocycles. The maximum atomic E-state index is 15.6. The Morgan fingerprint density at radius 2 is 0.707 bits per heavy atom. The lowest BCUT2D eigenvalue weighted by molar-refractivity contribution is -0.238. The number of benzene rings is 2. The number of rotatable bonds is 12. The van der Waals surface area contributed by atoms with E-state index in [1.807, 2.05) is 6.92 Å². The Morgan fingerprint density at radius 3 is 1.06 bits per heavy atom. The Morgan fingerprint density at radius 1 is 0.390 bits per heavy atom. The minimum atomic E-state index is -1.78. The number of hydrogen-bond acceptors (Lipinski definition) is 17. The minimum Gasteiger partial charge on any atom is -0.492 e. The number of amides is 16. The highest BCUT2D eigenvalue weighted by Crippen LogP contribution is 2.63. The van der Waals surface area contributed by atoms with Gasteiger partial charge in [0.2, 0.25) is 11.6 Å². The summed E-state index contributed by atoms with van der Waals surface area (Å²) in [4.78, 5) is 148. The second-order valence-corrected chi connectivity index (χ2v) is 24.7. The molecular weight excluding hydrogens is 1150 g/mol. The number of thiol groups is 4. The van der Waals surface area contributed by atoms with Crippen LogP contribution in [-0.2, 0) is 26.2 Å². The zero-order valence-electron chi connectivity index (χ0n) is 44.6. The maximum Gasteiger partial charge on any atom is 0.327 e. The Balaban J connectivity index is 0.770. The molecule has 2 aromatic carbocycles. The van der Waals surface area contributed by atoms with E-state index in [1.54, 1.807) is 57.7 Å². The van der Waals surface area contributed by atoms with Crippen LogP contribution in [0.1, 0.15) is 43.0 Å². The predicted molar refractivity (Wildman–Crippen MR) is 292 cm³/mol. The molecule has 434 valence electrons. The Kier molecular flexibility index (Phi) is 10.2. The molecular formula is C49H57N17O12S4. The molecule has 2 aromatic rings. The van der Waals surface area contributed by atoms with E-state index in [0.29, 0.717) is 68.3 Å². The zero-order chi connectivity index (χ0) is 56.8. The van der Waals surface area contributed by atoms with E-state index < -0.39 is 109 Å². The van der Waals surface area contributed by atoms with E-state index in [1.165, 1.54) is 58.8 Å². The molecule has 33 heteroatoms. The first-order chi connectivity index (χ1) is 39.4. The summed E-state index contributed by atoms with van der Waals surface area (Å²) < 4.78 is 24.8. The van der Waals surface area contributed by atoms with Gasteiger partial charge in [0.1, 0.15) is 63.0 Å². The second kappa shape index (κ2) is 16.5. The number of hydrogen-bond donors (Lipinski definition) is 5. The molecule has 29 nitrogen and oxygen atoms in total. The van der Waals surface area contributed by atoms with Crippen LogP contribution >= 0.6 is 50.5 Å². The fourth-order valence-corrected chi connectivity index (χ4v) is 16.6. The van der Waals surface area contributed by atoms with Crippen molar-refractivity contribution in [3.05, 3.63) is 46.5 Å². The number of urea groups is 8. The fourth-order valence-electron chi connectivity index (χ4n) is 16.3. The van der Waals surface area contributed by atoms with E-state index in [0.717, 1.165) is 0 Å². The van der Waals surface area contributed by atoms with Gasteiger partial charge in [-0.3, -0.25) is 78.4 Å². The largest absolute Gasteiger partial charge is 0.492 e. The van der Waals surface area contributed by atoms with Gasteiger partial charge in [0, 0.05) is 45.3 Å². The van der Waals surface area contributed by atoms with Crippen LogP contribution in [0.15, 0.2) is 24.3 Å². The summed E-state index contributed by atoms with van der Waals surface area (Å²) in [5.41, 5.74) is -1.84. The summed E-state index contributed by atoms with van der Waals surface area (Å²) in [6.07, 6.45) is -3.50. The van der Waals surface area contributed by atoms with E-state index in [2.05, 4.69) is 55.8 Å². The summed E-state index contributed by atoms with van der Waals surface area (Å²) in [5.74, 6) is 0.163. The van der Waals surface area contributed by atoms with Crippen LogP contribution in [0.25, 0.3) is 0 Å². The predicted octanol–water partition coefficient (Wildman–Crippen LogP) is 1.37. The molecule has 0 unspecified atom stereocenters. The summed E-state index contributed by atoms with van der Waals surface area (Å²) in [5, 5.41) is 3.67. The molecule has 14 aliphatic rings. The van der Waals surface area contributed by atoms with Crippen molar-refractivity contribution in [2.45, 2.75) is 94.0 Å². The molecule has 0 aliphatic carbocycles. The normalized spacial score (nSPS) is 33.6. The van der Waals surface area contributed by atoms with Gasteiger partial charge in [0.15, 0.2) is 35.5 Å². The third-order valence-corrected chi connectivity index (χ3v) is 20.8. The first-order valence-corrected chi connectivity index (χ1v) is 29.7. The highest BCUT2D eigenvalue weighted by molar-refractivity contribution is 7.80. The van der Waals surface area contributed by atoms with Crippen molar-refractivity contribution < 1.29 is 57.3 Å². The molecule has 2 spiro atoms. The summed E-state index contributed by atoms with van der Waals surface area (Å²) >= 11 is 17.5. The lowest BCUT2D eigenvalue weighted by Crippen LogP contribution is -2.91. The van der Waals surface area contributed by atoms with Gasteiger partial charge < -0.3 is 18.9 Å². The molecule has 16 rings (SSSR count). The quantitative estimate of drug-likeness (QED) is 0.189. The van der Waals surface area contributed by atoms with Crippen molar-refractivity contribution in [1.29, 1.82) is 0 Å². The first-order valence-electron chi connectivity index (χ1n) is 27.1. The molecule has 82 heavy (non-hydrogen) atoms. The third-order valence-electron chi connectivity index (χ3n) is 20.1. The Hall–Kier alpha value is -6.84.